The number of Topliss-reactive ketones (excluding diaryl/α,β-unsaturated/α-hetero) is 1. The molecular formula is C14H21NO2. The van der Waals surface area contributed by atoms with Crippen LogP contribution in [0.25, 0.3) is 0 Å². The lowest BCUT2D eigenvalue weighted by Crippen LogP contribution is -2.36. The topological polar surface area (TPSA) is 52.3 Å². The number of carbonyl (C=O) groups is 1. The SMILES string of the molecule is COc1cc(C)c(C(=O)C(N)C(C)C)c(C)c1. The Morgan fingerprint density at radius 3 is 2.06 bits per heavy atom. The molecule has 0 saturated carbocycles. The monoisotopic (exact) mass is 235 g/mol. The smallest absolute Gasteiger partial charge is 0.180 e. The summed E-state index contributed by atoms with van der Waals surface area (Å²) in [6.45, 7) is 7.74. The summed E-state index contributed by atoms with van der Waals surface area (Å²) in [6.07, 6.45) is 0. The molecule has 0 amide bonds. The van der Waals surface area contributed by atoms with Crippen LogP contribution in [0.1, 0.15) is 35.3 Å². The number of methoxy groups -OCH3 is 1. The average molecular weight is 235 g/mol. The van der Waals surface area contributed by atoms with Crippen molar-refractivity contribution in [3.05, 3.63) is 28.8 Å². The van der Waals surface area contributed by atoms with Gasteiger partial charge in [-0.05, 0) is 43.0 Å². The maximum atomic E-state index is 12.3. The van der Waals surface area contributed by atoms with E-state index < -0.39 is 6.04 Å². The van der Waals surface area contributed by atoms with E-state index >= 15 is 0 Å². The number of hydrogen-bond donors (Lipinski definition) is 1. The van der Waals surface area contributed by atoms with Crippen molar-refractivity contribution in [2.24, 2.45) is 11.7 Å². The molecule has 1 aromatic rings. The predicted molar refractivity (Wildman–Crippen MR) is 69.6 cm³/mol. The molecule has 0 aromatic heterocycles. The summed E-state index contributed by atoms with van der Waals surface area (Å²) in [4.78, 5) is 12.3. The van der Waals surface area contributed by atoms with Crippen LogP contribution in [0.2, 0.25) is 0 Å². The third kappa shape index (κ3) is 2.86. The molecule has 0 aliphatic rings. The van der Waals surface area contributed by atoms with Gasteiger partial charge in [0, 0.05) is 5.56 Å². The van der Waals surface area contributed by atoms with Gasteiger partial charge in [0.2, 0.25) is 0 Å². The molecule has 0 bridgehead atoms. The average Bonchev–Trinajstić information content (AvgIpc) is 2.26. The summed E-state index contributed by atoms with van der Waals surface area (Å²) >= 11 is 0. The molecule has 0 saturated heterocycles. The number of carbonyl (C=O) groups excluding carboxylic acids is 1. The van der Waals surface area contributed by atoms with Crippen LogP contribution in [0.4, 0.5) is 0 Å². The summed E-state index contributed by atoms with van der Waals surface area (Å²) in [6, 6.07) is 3.29. The maximum Gasteiger partial charge on any atom is 0.180 e. The van der Waals surface area contributed by atoms with Crippen LogP contribution in [-0.2, 0) is 0 Å². The van der Waals surface area contributed by atoms with Crippen LogP contribution in [0.5, 0.6) is 5.75 Å². The van der Waals surface area contributed by atoms with Gasteiger partial charge in [0.05, 0.1) is 13.2 Å². The molecule has 3 heteroatoms. The Bertz CT molecular complexity index is 401. The minimum atomic E-state index is -0.444. The van der Waals surface area contributed by atoms with Crippen molar-refractivity contribution in [3.63, 3.8) is 0 Å². The highest BCUT2D eigenvalue weighted by Gasteiger charge is 2.22. The second kappa shape index (κ2) is 5.32. The lowest BCUT2D eigenvalue weighted by Gasteiger charge is -2.18. The van der Waals surface area contributed by atoms with Crippen molar-refractivity contribution < 1.29 is 9.53 Å². The first-order chi connectivity index (χ1) is 7.88. The minimum absolute atomic E-state index is 0.0117. The van der Waals surface area contributed by atoms with Gasteiger partial charge in [-0.2, -0.15) is 0 Å². The van der Waals surface area contributed by atoms with Crippen LogP contribution >= 0.6 is 0 Å². The van der Waals surface area contributed by atoms with E-state index in [9.17, 15) is 4.79 Å². The molecule has 1 atom stereocenters. The number of aryl methyl sites for hydroxylation is 2. The summed E-state index contributed by atoms with van der Waals surface area (Å²) in [5.41, 5.74) is 8.49. The molecule has 1 aromatic carbocycles. The van der Waals surface area contributed by atoms with Crippen LogP contribution < -0.4 is 10.5 Å². The van der Waals surface area contributed by atoms with Gasteiger partial charge in [0.1, 0.15) is 5.75 Å². The summed E-state index contributed by atoms with van der Waals surface area (Å²) in [5, 5.41) is 0. The zero-order valence-corrected chi connectivity index (χ0v) is 11.2. The first kappa shape index (κ1) is 13.7. The van der Waals surface area contributed by atoms with Crippen molar-refractivity contribution in [1.29, 1.82) is 0 Å². The summed E-state index contributed by atoms with van der Waals surface area (Å²) in [7, 11) is 1.62. The second-order valence-electron chi connectivity index (χ2n) is 4.77. The van der Waals surface area contributed by atoms with Gasteiger partial charge < -0.3 is 10.5 Å². The molecule has 0 aliphatic carbocycles. The molecule has 0 fully saturated rings. The number of rotatable bonds is 4. The van der Waals surface area contributed by atoms with Gasteiger partial charge in [-0.25, -0.2) is 0 Å². The van der Waals surface area contributed by atoms with Gasteiger partial charge in [0.25, 0.3) is 0 Å². The molecule has 0 heterocycles. The first-order valence-corrected chi connectivity index (χ1v) is 5.83. The summed E-state index contributed by atoms with van der Waals surface area (Å²) in [5.74, 6) is 0.927. The van der Waals surface area contributed by atoms with E-state index in [2.05, 4.69) is 0 Å². The minimum Gasteiger partial charge on any atom is -0.497 e. The van der Waals surface area contributed by atoms with Gasteiger partial charge in [-0.1, -0.05) is 13.8 Å². The molecule has 3 nitrogen and oxygen atoms in total. The lowest BCUT2D eigenvalue weighted by molar-refractivity contribution is 0.0939. The highest BCUT2D eigenvalue weighted by Crippen LogP contribution is 2.23. The Morgan fingerprint density at radius 2 is 1.71 bits per heavy atom. The van der Waals surface area contributed by atoms with E-state index in [-0.39, 0.29) is 11.7 Å². The molecular weight excluding hydrogens is 214 g/mol. The number of ether oxygens (including phenoxy) is 1. The van der Waals surface area contributed by atoms with Crippen LogP contribution in [-0.4, -0.2) is 18.9 Å². The van der Waals surface area contributed by atoms with Crippen molar-refractivity contribution in [2.45, 2.75) is 33.7 Å². The fourth-order valence-corrected chi connectivity index (χ4v) is 1.90. The zero-order valence-electron chi connectivity index (χ0n) is 11.2. The number of ketones is 1. The Morgan fingerprint density at radius 1 is 1.24 bits per heavy atom. The molecule has 1 unspecified atom stereocenters. The third-order valence-corrected chi connectivity index (χ3v) is 3.01. The molecule has 17 heavy (non-hydrogen) atoms. The molecule has 0 spiro atoms. The van der Waals surface area contributed by atoms with Crippen molar-refractivity contribution in [2.75, 3.05) is 7.11 Å². The number of hydrogen-bond acceptors (Lipinski definition) is 3. The second-order valence-corrected chi connectivity index (χ2v) is 4.77. The van der Waals surface area contributed by atoms with E-state index in [1.54, 1.807) is 7.11 Å². The number of benzene rings is 1. The molecule has 0 aliphatic heterocycles. The van der Waals surface area contributed by atoms with Crippen molar-refractivity contribution >= 4 is 5.78 Å². The largest absolute Gasteiger partial charge is 0.497 e. The standard InChI is InChI=1S/C14H21NO2/c1-8(2)13(15)14(16)12-9(3)6-11(17-5)7-10(12)4/h6-8,13H,15H2,1-5H3. The maximum absolute atomic E-state index is 12.3. The molecule has 2 N–H and O–H groups in total. The predicted octanol–water partition coefficient (Wildman–Crippen LogP) is 2.48. The highest BCUT2D eigenvalue weighted by atomic mass is 16.5. The quantitative estimate of drug-likeness (QED) is 0.816. The van der Waals surface area contributed by atoms with Gasteiger partial charge in [-0.15, -0.1) is 0 Å². The van der Waals surface area contributed by atoms with Crippen LogP contribution in [0.15, 0.2) is 12.1 Å². The van der Waals surface area contributed by atoms with E-state index in [1.165, 1.54) is 0 Å². The van der Waals surface area contributed by atoms with E-state index in [4.69, 9.17) is 10.5 Å². The Labute approximate surface area is 103 Å². The van der Waals surface area contributed by atoms with Gasteiger partial charge in [-0.3, -0.25) is 4.79 Å². The van der Waals surface area contributed by atoms with E-state index in [0.717, 1.165) is 22.4 Å². The van der Waals surface area contributed by atoms with Crippen molar-refractivity contribution in [3.8, 4) is 5.75 Å². The van der Waals surface area contributed by atoms with Gasteiger partial charge >= 0.3 is 0 Å². The van der Waals surface area contributed by atoms with Crippen LogP contribution in [0.3, 0.4) is 0 Å². The van der Waals surface area contributed by atoms with E-state index in [1.807, 2.05) is 39.8 Å². The Balaban J connectivity index is 3.19. The Kier molecular flexibility index (Phi) is 4.29. The summed E-state index contributed by atoms with van der Waals surface area (Å²) < 4.78 is 5.18. The van der Waals surface area contributed by atoms with Crippen molar-refractivity contribution in [1.82, 2.24) is 0 Å². The lowest BCUT2D eigenvalue weighted by atomic mass is 9.90. The first-order valence-electron chi connectivity index (χ1n) is 5.83. The normalized spacial score (nSPS) is 12.6. The van der Waals surface area contributed by atoms with Crippen LogP contribution in [0, 0.1) is 19.8 Å². The number of nitrogens with two attached hydrogens (primary N) is 1. The van der Waals surface area contributed by atoms with Gasteiger partial charge in [0.15, 0.2) is 5.78 Å². The fourth-order valence-electron chi connectivity index (χ4n) is 1.90. The zero-order chi connectivity index (χ0) is 13.2. The molecule has 0 radical (unpaired) electrons. The third-order valence-electron chi connectivity index (χ3n) is 3.01. The highest BCUT2D eigenvalue weighted by molar-refractivity contribution is 6.02. The molecule has 94 valence electrons. The van der Waals surface area contributed by atoms with E-state index in [0.29, 0.717) is 0 Å². The fraction of sp³-hybridized carbons (Fsp3) is 0.500. The molecule has 1 rings (SSSR count). The Hall–Kier alpha value is -1.35.